The summed E-state index contributed by atoms with van der Waals surface area (Å²) < 4.78 is 24.4. The molecule has 1 amide bonds. The van der Waals surface area contributed by atoms with E-state index in [0.29, 0.717) is 88.1 Å². The molecule has 14 heteroatoms. The molecule has 0 radical (unpaired) electrons. The molecule has 3 fully saturated rings. The maximum Gasteiger partial charge on any atom is 0.344 e. The molecule has 72 heavy (non-hydrogen) atoms. The summed E-state index contributed by atoms with van der Waals surface area (Å²) >= 11 is 0. The summed E-state index contributed by atoms with van der Waals surface area (Å²) in [6.07, 6.45) is 11.6. The third kappa shape index (κ3) is 6.82. The van der Waals surface area contributed by atoms with Crippen molar-refractivity contribution in [1.82, 2.24) is 20.1 Å². The van der Waals surface area contributed by atoms with Crippen LogP contribution in [0.3, 0.4) is 0 Å². The molecule has 11 rings (SSSR count). The average molecular weight is 982 g/mol. The van der Waals surface area contributed by atoms with E-state index in [1.54, 1.807) is 7.11 Å². The minimum absolute atomic E-state index is 0.0744. The molecule has 10 atom stereocenters. The number of benzene rings is 3. The van der Waals surface area contributed by atoms with Gasteiger partial charge in [0.25, 0.3) is 5.91 Å². The number of nitrogens with one attached hydrogen (secondary N) is 2. The van der Waals surface area contributed by atoms with Crippen LogP contribution in [0.25, 0.3) is 10.9 Å². The highest BCUT2D eigenvalue weighted by atomic mass is 16.6. The number of rotatable bonds is 9. The Morgan fingerprint density at radius 1 is 0.861 bits per heavy atom. The predicted molar refractivity (Wildman–Crippen MR) is 273 cm³/mol. The monoisotopic (exact) mass is 982 g/mol. The number of carbonyl (C=O) groups is 4. The van der Waals surface area contributed by atoms with Crippen molar-refractivity contribution >= 4 is 40.4 Å². The number of H-pyrrole nitrogens is 1. The van der Waals surface area contributed by atoms with Gasteiger partial charge in [0, 0.05) is 96.5 Å². The van der Waals surface area contributed by atoms with Gasteiger partial charge >= 0.3 is 17.9 Å². The Morgan fingerprint density at radius 3 is 2.38 bits per heavy atom. The number of aromatic amines is 1. The second kappa shape index (κ2) is 17.8. The van der Waals surface area contributed by atoms with Crippen molar-refractivity contribution in [2.24, 2.45) is 11.3 Å². The predicted octanol–water partition coefficient (Wildman–Crippen LogP) is 6.70. The minimum Gasteiger partial charge on any atom is -0.496 e. The lowest BCUT2D eigenvalue weighted by molar-refractivity contribution is -0.228. The standard InChI is InChI=1S/C58H71N5O9/c1-8-54(60-48(65)39-21-20-37-16-11-10-12-17-38(37)28-39)31-36-32-57(52(66)70-6,47-41(22-26-62(33-36)34-54)40-18-13-14-19-44(40)59-47)43-29-42-45(30-46(43)69-5)61(4)50-56(42)24-27-63-25-15-23-55(9-2,49(56)63)51(72-35(3)64)58(50,68)53(67)71-7/h13-15,18-21,23,28-30,36,49-51,59,68H,8-12,16-17,22,24-27,31-34H2,1-7H3,(H,60,65)/t36-,49+,50-,51-,54+,55-,56-,57+,58+/m1/s1. The van der Waals surface area contributed by atoms with Gasteiger partial charge in [0.1, 0.15) is 11.2 Å². The fraction of sp³-hybridized carbons (Fsp3) is 0.552. The molecule has 4 aromatic rings. The smallest absolute Gasteiger partial charge is 0.344 e. The zero-order chi connectivity index (χ0) is 50.5. The summed E-state index contributed by atoms with van der Waals surface area (Å²) in [5, 5.41) is 18.2. The first-order valence-corrected chi connectivity index (χ1v) is 26.4. The molecule has 3 N–H and O–H groups in total. The van der Waals surface area contributed by atoms with Crippen molar-refractivity contribution in [2.45, 2.75) is 132 Å². The third-order valence-electron chi connectivity index (χ3n) is 18.9. The number of likely N-dealkylation sites (N-methyl/N-ethyl adjacent to an activating group) is 1. The van der Waals surface area contributed by atoms with E-state index in [9.17, 15) is 19.5 Å². The lowest BCUT2D eigenvalue weighted by atomic mass is 9.47. The number of aromatic nitrogens is 1. The van der Waals surface area contributed by atoms with Gasteiger partial charge in [0.15, 0.2) is 6.10 Å². The lowest BCUT2D eigenvalue weighted by Gasteiger charge is -2.63. The molecule has 1 aromatic heterocycles. The number of ether oxygens (including phenoxy) is 4. The van der Waals surface area contributed by atoms with E-state index in [-0.39, 0.29) is 17.9 Å². The van der Waals surface area contributed by atoms with Gasteiger partial charge in [-0.05, 0) is 123 Å². The normalized spacial score (nSPS) is 33.4. The molecule has 1 saturated carbocycles. The summed E-state index contributed by atoms with van der Waals surface area (Å²) in [5.41, 5.74) is 1.85. The van der Waals surface area contributed by atoms with E-state index in [0.717, 1.165) is 52.7 Å². The number of anilines is 1. The second-order valence-corrected chi connectivity index (χ2v) is 22.3. The number of aryl methyl sites for hydroxylation is 2. The van der Waals surface area contributed by atoms with Gasteiger partial charge in [-0.25, -0.2) is 4.79 Å². The van der Waals surface area contributed by atoms with E-state index in [1.807, 2.05) is 43.1 Å². The fourth-order valence-electron chi connectivity index (χ4n) is 16.1. The zero-order valence-electron chi connectivity index (χ0n) is 43.0. The quantitative estimate of drug-likeness (QED) is 0.0706. The van der Waals surface area contributed by atoms with Crippen LogP contribution in [0.15, 0.2) is 66.7 Å². The van der Waals surface area contributed by atoms with Gasteiger partial charge in [-0.3, -0.25) is 19.3 Å². The van der Waals surface area contributed by atoms with Crippen LogP contribution in [0.5, 0.6) is 5.75 Å². The van der Waals surface area contributed by atoms with Gasteiger partial charge in [0.2, 0.25) is 5.60 Å². The van der Waals surface area contributed by atoms with Gasteiger partial charge in [0.05, 0.1) is 32.9 Å². The molecule has 7 aliphatic rings. The first kappa shape index (κ1) is 48.6. The Hall–Kier alpha value is -5.70. The number of amides is 1. The summed E-state index contributed by atoms with van der Waals surface area (Å²) in [4.78, 5) is 68.9. The van der Waals surface area contributed by atoms with Crippen LogP contribution in [0.1, 0.15) is 116 Å². The number of para-hydroxylation sites is 1. The van der Waals surface area contributed by atoms with E-state index in [2.05, 4.69) is 69.5 Å². The Kier molecular flexibility index (Phi) is 12.0. The number of aliphatic hydroxyl groups is 1. The Balaban J connectivity index is 1.11. The van der Waals surface area contributed by atoms with Crippen LogP contribution in [-0.2, 0) is 58.7 Å². The molecule has 2 saturated heterocycles. The molecule has 14 nitrogen and oxygen atoms in total. The van der Waals surface area contributed by atoms with Gasteiger partial charge in [-0.15, -0.1) is 0 Å². The first-order valence-electron chi connectivity index (χ1n) is 26.4. The molecule has 2 bridgehead atoms. The van der Waals surface area contributed by atoms with E-state index >= 15 is 4.79 Å². The van der Waals surface area contributed by atoms with Crippen LogP contribution in [0.2, 0.25) is 0 Å². The van der Waals surface area contributed by atoms with E-state index in [1.165, 1.54) is 45.1 Å². The maximum absolute atomic E-state index is 15.8. The van der Waals surface area contributed by atoms with Crippen LogP contribution < -0.4 is 15.0 Å². The number of carbonyl (C=O) groups excluding carboxylic acids is 4. The van der Waals surface area contributed by atoms with Crippen molar-refractivity contribution in [1.29, 1.82) is 0 Å². The summed E-state index contributed by atoms with van der Waals surface area (Å²) in [6.45, 7) is 8.85. The molecule has 5 aliphatic heterocycles. The van der Waals surface area contributed by atoms with E-state index in [4.69, 9.17) is 18.9 Å². The molecule has 2 aliphatic carbocycles. The fourth-order valence-corrected chi connectivity index (χ4v) is 16.1. The van der Waals surface area contributed by atoms with Crippen LogP contribution in [0.4, 0.5) is 5.69 Å². The summed E-state index contributed by atoms with van der Waals surface area (Å²) in [6, 6.07) is 17.3. The van der Waals surface area contributed by atoms with E-state index < -0.39 is 57.4 Å². The average Bonchev–Trinajstić information content (AvgIpc) is 3.97. The number of methoxy groups -OCH3 is 3. The SMILES string of the molecule is CC[C@]1(NC(=O)c2ccc3c(c2)CCCCC3)C[C@H]2CN(CCc3c([nH]c4ccccc34)[C@@](C(=O)OC)(c3cc4c(cc3OC)N(C)[C@H]3[C@@](O)(C(=O)OC)[C@H](OC(C)=O)[C@]5(CC)C=CCN6CC[C@]43[C@@H]65)C2)C1. The van der Waals surface area contributed by atoms with Crippen LogP contribution >= 0.6 is 0 Å². The molecule has 1 unspecified atom stereocenters. The van der Waals surface area contributed by atoms with Gasteiger partial charge < -0.3 is 44.2 Å². The van der Waals surface area contributed by atoms with Crippen molar-refractivity contribution < 1.29 is 43.2 Å². The molecular weight excluding hydrogens is 911 g/mol. The Morgan fingerprint density at radius 2 is 1.64 bits per heavy atom. The molecule has 382 valence electrons. The largest absolute Gasteiger partial charge is 0.496 e. The number of hydrogen-bond donors (Lipinski definition) is 3. The highest BCUT2D eigenvalue weighted by Crippen LogP contribution is 2.68. The first-order chi connectivity index (χ1) is 34.7. The lowest BCUT2D eigenvalue weighted by Crippen LogP contribution is -2.81. The van der Waals surface area contributed by atoms with Crippen LogP contribution in [0, 0.1) is 11.3 Å². The minimum atomic E-state index is -2.33. The molecular formula is C58H71N5O9. The highest BCUT2D eigenvalue weighted by molar-refractivity contribution is 5.96. The number of esters is 3. The zero-order valence-corrected chi connectivity index (χ0v) is 43.0. The van der Waals surface area contributed by atoms with Gasteiger partial charge in [-0.1, -0.05) is 56.7 Å². The topological polar surface area (TPSA) is 163 Å². The highest BCUT2D eigenvalue weighted by Gasteiger charge is 2.80. The molecule has 1 spiro atoms. The second-order valence-electron chi connectivity index (χ2n) is 22.3. The Bertz CT molecular complexity index is 2900. The number of nitrogens with zero attached hydrogens (tertiary/aromatic N) is 3. The van der Waals surface area contributed by atoms with Crippen molar-refractivity contribution in [3.05, 3.63) is 106 Å². The third-order valence-corrected chi connectivity index (χ3v) is 18.9. The number of piperidine rings is 1. The van der Waals surface area contributed by atoms with Crippen molar-refractivity contribution in [2.75, 3.05) is 66.0 Å². The van der Waals surface area contributed by atoms with Crippen molar-refractivity contribution in [3.63, 3.8) is 0 Å². The number of fused-ring (bicyclic) bond motifs is 7. The van der Waals surface area contributed by atoms with Crippen LogP contribution in [-0.4, -0.2) is 134 Å². The Labute approximate surface area is 422 Å². The number of hydrogen-bond acceptors (Lipinski definition) is 12. The van der Waals surface area contributed by atoms with Gasteiger partial charge in [-0.2, -0.15) is 0 Å². The molecule has 3 aromatic carbocycles. The maximum atomic E-state index is 15.8. The molecule has 6 heterocycles. The van der Waals surface area contributed by atoms with Crippen molar-refractivity contribution in [3.8, 4) is 5.75 Å². The summed E-state index contributed by atoms with van der Waals surface area (Å²) in [5.74, 6) is -1.66. The summed E-state index contributed by atoms with van der Waals surface area (Å²) in [7, 11) is 6.21.